The van der Waals surface area contributed by atoms with Crippen molar-refractivity contribution in [2.24, 2.45) is 16.5 Å². The highest BCUT2D eigenvalue weighted by Crippen LogP contribution is 2.24. The Bertz CT molecular complexity index is 941. The van der Waals surface area contributed by atoms with E-state index in [1.807, 2.05) is 44.3 Å². The minimum atomic E-state index is -0.949. The van der Waals surface area contributed by atoms with Crippen molar-refractivity contribution in [1.29, 1.82) is 0 Å². The van der Waals surface area contributed by atoms with Gasteiger partial charge in [-0.15, -0.1) is 0 Å². The van der Waals surface area contributed by atoms with E-state index in [4.69, 9.17) is 23.1 Å². The highest BCUT2D eigenvalue weighted by Gasteiger charge is 2.39. The number of benzene rings is 1. The SMILES string of the molecule is CC=C/N=C(\c1cc[nH]c1C)N1CCC(N)(C(=O)NC(CN)c2ccc(Cl)cc2)CC1. The standard InChI is InChI=1S/C23H31ClN6O/c1-3-11-28-21(19-8-12-27-16(19)2)30-13-9-23(26,10-14-30)22(31)29-20(15-25)17-4-6-18(24)7-5-17/h3-8,11-12,20,27H,9-10,13-15,25-26H2,1-2H3,(H,29,31)/b11-3?,28-21+. The number of halogens is 1. The maximum atomic E-state index is 13.1. The van der Waals surface area contributed by atoms with Crippen molar-refractivity contribution in [2.45, 2.75) is 38.3 Å². The van der Waals surface area contributed by atoms with Gasteiger partial charge in [0.05, 0.1) is 11.6 Å². The Morgan fingerprint density at radius 1 is 1.32 bits per heavy atom. The maximum Gasteiger partial charge on any atom is 0.240 e. The summed E-state index contributed by atoms with van der Waals surface area (Å²) < 4.78 is 0. The molecule has 1 amide bonds. The van der Waals surface area contributed by atoms with Crippen LogP contribution in [0.2, 0.25) is 5.02 Å². The van der Waals surface area contributed by atoms with Gasteiger partial charge >= 0.3 is 0 Å². The Balaban J connectivity index is 1.69. The number of amides is 1. The zero-order valence-electron chi connectivity index (χ0n) is 18.1. The molecule has 6 N–H and O–H groups in total. The summed E-state index contributed by atoms with van der Waals surface area (Å²) in [5.41, 5.74) is 14.5. The number of hydrogen-bond donors (Lipinski definition) is 4. The molecule has 1 unspecified atom stereocenters. The van der Waals surface area contributed by atoms with Crippen molar-refractivity contribution in [3.8, 4) is 0 Å². The molecular formula is C23H31ClN6O. The van der Waals surface area contributed by atoms with E-state index in [2.05, 4.69) is 20.2 Å². The summed E-state index contributed by atoms with van der Waals surface area (Å²) >= 11 is 5.97. The molecule has 2 heterocycles. The lowest BCUT2D eigenvalue weighted by Crippen LogP contribution is -2.61. The van der Waals surface area contributed by atoms with E-state index in [0.717, 1.165) is 22.7 Å². The minimum Gasteiger partial charge on any atom is -0.365 e. The van der Waals surface area contributed by atoms with Gasteiger partial charge in [-0.1, -0.05) is 29.8 Å². The Hall–Kier alpha value is -2.61. The number of hydrogen-bond acceptors (Lipinski definition) is 4. The largest absolute Gasteiger partial charge is 0.365 e. The predicted octanol–water partition coefficient (Wildman–Crippen LogP) is 2.87. The van der Waals surface area contributed by atoms with E-state index in [0.29, 0.717) is 31.0 Å². The first-order valence-electron chi connectivity index (χ1n) is 10.5. The van der Waals surface area contributed by atoms with Gasteiger partial charge < -0.3 is 26.7 Å². The molecule has 0 radical (unpaired) electrons. The van der Waals surface area contributed by atoms with Crippen LogP contribution in [-0.2, 0) is 4.79 Å². The maximum absolute atomic E-state index is 13.1. The molecule has 1 aliphatic rings. The average molecular weight is 443 g/mol. The summed E-state index contributed by atoms with van der Waals surface area (Å²) in [5.74, 6) is 0.711. The van der Waals surface area contributed by atoms with E-state index < -0.39 is 5.54 Å². The molecule has 166 valence electrons. The van der Waals surface area contributed by atoms with E-state index in [-0.39, 0.29) is 18.5 Å². The van der Waals surface area contributed by atoms with Gasteiger partial charge in [-0.25, -0.2) is 4.99 Å². The number of nitrogens with two attached hydrogens (primary N) is 2. The number of likely N-dealkylation sites (tertiary alicyclic amines) is 1. The van der Waals surface area contributed by atoms with Crippen molar-refractivity contribution in [3.63, 3.8) is 0 Å². The first-order chi connectivity index (χ1) is 14.9. The normalized spacial score (nSPS) is 17.7. The third-order valence-electron chi connectivity index (χ3n) is 5.76. The van der Waals surface area contributed by atoms with Gasteiger partial charge in [0.1, 0.15) is 5.84 Å². The predicted molar refractivity (Wildman–Crippen MR) is 126 cm³/mol. The second-order valence-electron chi connectivity index (χ2n) is 7.91. The highest BCUT2D eigenvalue weighted by molar-refractivity contribution is 6.30. The average Bonchev–Trinajstić information content (AvgIpc) is 3.19. The number of amidine groups is 1. The molecule has 1 aromatic heterocycles. The number of H-pyrrole nitrogens is 1. The molecule has 7 nitrogen and oxygen atoms in total. The molecule has 1 atom stereocenters. The lowest BCUT2D eigenvalue weighted by Gasteiger charge is -2.40. The molecule has 0 saturated carbocycles. The van der Waals surface area contributed by atoms with Crippen LogP contribution in [0, 0.1) is 6.92 Å². The van der Waals surface area contributed by atoms with Gasteiger partial charge in [0.2, 0.25) is 5.91 Å². The summed E-state index contributed by atoms with van der Waals surface area (Å²) in [4.78, 5) is 23.1. The molecule has 0 aliphatic carbocycles. The number of aromatic nitrogens is 1. The molecule has 0 bridgehead atoms. The number of piperidine rings is 1. The number of rotatable bonds is 6. The molecule has 1 aliphatic heterocycles. The number of nitrogens with zero attached hydrogens (tertiary/aromatic N) is 2. The van der Waals surface area contributed by atoms with E-state index in [9.17, 15) is 4.79 Å². The van der Waals surface area contributed by atoms with Crippen LogP contribution in [0.3, 0.4) is 0 Å². The third-order valence-corrected chi connectivity index (χ3v) is 6.01. The number of carbonyl (C=O) groups is 1. The second-order valence-corrected chi connectivity index (χ2v) is 8.34. The molecule has 3 rings (SSSR count). The summed E-state index contributed by atoms with van der Waals surface area (Å²) in [6, 6.07) is 9.03. The van der Waals surface area contributed by atoms with Gasteiger partial charge in [-0.05, 0) is 50.5 Å². The minimum absolute atomic E-state index is 0.178. The summed E-state index contributed by atoms with van der Waals surface area (Å²) in [5, 5.41) is 3.67. The molecular weight excluding hydrogens is 412 g/mol. The highest BCUT2D eigenvalue weighted by atomic mass is 35.5. The second kappa shape index (κ2) is 10.1. The lowest BCUT2D eigenvalue weighted by molar-refractivity contribution is -0.128. The lowest BCUT2D eigenvalue weighted by atomic mass is 9.86. The van der Waals surface area contributed by atoms with Crippen LogP contribution in [0.1, 0.15) is 42.6 Å². The smallest absolute Gasteiger partial charge is 0.240 e. The van der Waals surface area contributed by atoms with Crippen molar-refractivity contribution >= 4 is 23.3 Å². The first-order valence-corrected chi connectivity index (χ1v) is 10.9. The van der Waals surface area contributed by atoms with Crippen molar-refractivity contribution in [3.05, 3.63) is 70.6 Å². The van der Waals surface area contributed by atoms with Gasteiger partial charge in [0.25, 0.3) is 0 Å². The van der Waals surface area contributed by atoms with Gasteiger partial charge in [0.15, 0.2) is 0 Å². The van der Waals surface area contributed by atoms with Crippen LogP contribution >= 0.6 is 11.6 Å². The van der Waals surface area contributed by atoms with Gasteiger partial charge in [-0.3, -0.25) is 4.79 Å². The summed E-state index contributed by atoms with van der Waals surface area (Å²) in [7, 11) is 0. The van der Waals surface area contributed by atoms with E-state index in [1.54, 1.807) is 18.3 Å². The number of aromatic amines is 1. The van der Waals surface area contributed by atoms with Crippen molar-refractivity contribution < 1.29 is 4.79 Å². The fourth-order valence-corrected chi connectivity index (χ4v) is 3.91. The zero-order chi connectivity index (χ0) is 22.4. The monoisotopic (exact) mass is 442 g/mol. The van der Waals surface area contributed by atoms with E-state index in [1.165, 1.54) is 0 Å². The zero-order valence-corrected chi connectivity index (χ0v) is 18.8. The van der Waals surface area contributed by atoms with Crippen LogP contribution in [0.5, 0.6) is 0 Å². The number of carbonyl (C=O) groups excluding carboxylic acids is 1. The molecule has 1 aromatic carbocycles. The quantitative estimate of drug-likeness (QED) is 0.407. The summed E-state index contributed by atoms with van der Waals surface area (Å²) in [6.07, 6.45) is 6.64. The summed E-state index contributed by atoms with van der Waals surface area (Å²) in [6.45, 7) is 5.51. The number of nitrogens with one attached hydrogen (secondary N) is 2. The Labute approximate surface area is 188 Å². The first kappa shape index (κ1) is 23.1. The van der Waals surface area contributed by atoms with Crippen LogP contribution in [0.15, 0.2) is 53.8 Å². The molecule has 2 aromatic rings. The molecule has 8 heteroatoms. The molecule has 31 heavy (non-hydrogen) atoms. The van der Waals surface area contributed by atoms with E-state index >= 15 is 0 Å². The van der Waals surface area contributed by atoms with Gasteiger partial charge in [0, 0.05) is 48.3 Å². The van der Waals surface area contributed by atoms with Crippen LogP contribution in [0.4, 0.5) is 0 Å². The third kappa shape index (κ3) is 5.36. The Morgan fingerprint density at radius 2 is 2.00 bits per heavy atom. The topological polar surface area (TPSA) is 113 Å². The van der Waals surface area contributed by atoms with Crippen LogP contribution in [0.25, 0.3) is 0 Å². The molecule has 1 saturated heterocycles. The van der Waals surface area contributed by atoms with Crippen LogP contribution < -0.4 is 16.8 Å². The van der Waals surface area contributed by atoms with Crippen LogP contribution in [-0.4, -0.2) is 46.8 Å². The van der Waals surface area contributed by atoms with Gasteiger partial charge in [-0.2, -0.15) is 0 Å². The Morgan fingerprint density at radius 3 is 2.55 bits per heavy atom. The Kier molecular flexibility index (Phi) is 7.54. The number of aliphatic imine (C=N–C) groups is 1. The van der Waals surface area contributed by atoms with Crippen molar-refractivity contribution in [2.75, 3.05) is 19.6 Å². The molecule has 0 spiro atoms. The fraction of sp³-hybridized carbons (Fsp3) is 0.391. The van der Waals surface area contributed by atoms with Crippen molar-refractivity contribution in [1.82, 2.24) is 15.2 Å². The fourth-order valence-electron chi connectivity index (χ4n) is 3.78. The number of aryl methyl sites for hydroxylation is 1. The molecule has 1 fully saturated rings. The number of allylic oxidation sites excluding steroid dienone is 1.